The number of amides is 2. The van der Waals surface area contributed by atoms with Crippen LogP contribution in [0.1, 0.15) is 19.3 Å². The van der Waals surface area contributed by atoms with E-state index < -0.39 is 24.3 Å². The molecule has 0 bridgehead atoms. The van der Waals surface area contributed by atoms with Gasteiger partial charge in [0.1, 0.15) is 5.78 Å². The van der Waals surface area contributed by atoms with Crippen LogP contribution in [0.25, 0.3) is 0 Å². The molecule has 108 valence electrons. The lowest BCUT2D eigenvalue weighted by molar-refractivity contribution is -0.210. The minimum atomic E-state index is -4.78. The number of nitrogens with zero attached hydrogens (tertiary/aromatic N) is 2. The fourth-order valence-electron chi connectivity index (χ4n) is 3.19. The van der Waals surface area contributed by atoms with Crippen molar-refractivity contribution in [3.8, 4) is 0 Å². The van der Waals surface area contributed by atoms with Gasteiger partial charge in [0, 0.05) is 25.2 Å². The predicted molar refractivity (Wildman–Crippen MR) is 63.4 cm³/mol. The predicted octanol–water partition coefficient (Wildman–Crippen LogP) is 2.44. The number of carbonyl (C=O) groups is 2. The molecule has 3 rings (SSSR count). The maximum Gasteiger partial charge on any atom is 0.492 e. The Morgan fingerprint density at radius 2 is 2.00 bits per heavy atom. The number of fused-ring (bicyclic) bond motifs is 3. The average Bonchev–Trinajstić information content (AvgIpc) is 2.78. The van der Waals surface area contributed by atoms with Crippen LogP contribution in [0.3, 0.4) is 0 Å². The first-order valence-corrected chi connectivity index (χ1v) is 6.47. The first kappa shape index (κ1) is 13.2. The van der Waals surface area contributed by atoms with Crippen LogP contribution in [-0.2, 0) is 4.79 Å². The van der Waals surface area contributed by atoms with Gasteiger partial charge in [-0.3, -0.25) is 4.79 Å². The maximum atomic E-state index is 13.0. The van der Waals surface area contributed by atoms with Crippen molar-refractivity contribution in [2.75, 3.05) is 6.54 Å². The number of allylic oxidation sites excluding steroid dienone is 2. The van der Waals surface area contributed by atoms with Crippen LogP contribution in [0.15, 0.2) is 23.9 Å². The fraction of sp³-hybridized carbons (Fsp3) is 0.538. The number of Topliss-reactive ketones (excluding diaryl/α,β-unsaturated/α-hetero) is 1. The SMILES string of the molecule is O=C1CC=CC2=CN(C(F)(F)F)C(=O)N3CCCC3C12. The largest absolute Gasteiger partial charge is 0.492 e. The van der Waals surface area contributed by atoms with Crippen molar-refractivity contribution in [1.82, 2.24) is 9.80 Å². The third kappa shape index (κ3) is 1.92. The second-order valence-corrected chi connectivity index (χ2v) is 5.20. The summed E-state index contributed by atoms with van der Waals surface area (Å²) in [6, 6.07) is -1.53. The van der Waals surface area contributed by atoms with E-state index in [1.807, 2.05) is 0 Å². The summed E-state index contributed by atoms with van der Waals surface area (Å²) in [5.74, 6) is -0.744. The highest BCUT2D eigenvalue weighted by Crippen LogP contribution is 2.39. The zero-order valence-corrected chi connectivity index (χ0v) is 10.6. The quantitative estimate of drug-likeness (QED) is 0.642. The van der Waals surface area contributed by atoms with E-state index in [-0.39, 0.29) is 29.2 Å². The lowest BCUT2D eigenvalue weighted by Gasteiger charge is -2.31. The standard InChI is InChI=1S/C13H13F3N2O2/c14-13(15,16)18-7-8-3-1-5-10(19)11(8)9-4-2-6-17(9)12(18)20/h1,3,7,9,11H,2,4-6H2. The van der Waals surface area contributed by atoms with Gasteiger partial charge in [-0.25, -0.2) is 9.69 Å². The van der Waals surface area contributed by atoms with Crippen molar-refractivity contribution in [3.63, 3.8) is 0 Å². The van der Waals surface area contributed by atoms with E-state index >= 15 is 0 Å². The molecule has 0 aromatic carbocycles. The molecular weight excluding hydrogens is 273 g/mol. The molecule has 4 nitrogen and oxygen atoms in total. The number of rotatable bonds is 0. The summed E-state index contributed by atoms with van der Waals surface area (Å²) in [7, 11) is 0. The van der Waals surface area contributed by atoms with Crippen LogP contribution < -0.4 is 0 Å². The molecule has 2 aliphatic heterocycles. The summed E-state index contributed by atoms with van der Waals surface area (Å²) >= 11 is 0. The lowest BCUT2D eigenvalue weighted by Crippen LogP contribution is -2.49. The molecule has 0 spiro atoms. The normalized spacial score (nSPS) is 30.1. The topological polar surface area (TPSA) is 40.6 Å². The van der Waals surface area contributed by atoms with Gasteiger partial charge in [0.25, 0.3) is 0 Å². The molecule has 2 atom stereocenters. The van der Waals surface area contributed by atoms with Gasteiger partial charge >= 0.3 is 12.3 Å². The molecule has 2 amide bonds. The van der Waals surface area contributed by atoms with Crippen LogP contribution in [0.4, 0.5) is 18.0 Å². The van der Waals surface area contributed by atoms with Crippen LogP contribution in [0.2, 0.25) is 0 Å². The number of halogens is 3. The van der Waals surface area contributed by atoms with E-state index in [0.29, 0.717) is 12.8 Å². The second-order valence-electron chi connectivity index (χ2n) is 5.20. The zero-order chi connectivity index (χ0) is 14.5. The molecular formula is C13H13F3N2O2. The molecule has 2 heterocycles. The van der Waals surface area contributed by atoms with Crippen molar-refractivity contribution in [3.05, 3.63) is 23.9 Å². The molecule has 1 saturated heterocycles. The minimum absolute atomic E-state index is 0.118. The zero-order valence-electron chi connectivity index (χ0n) is 10.6. The van der Waals surface area contributed by atoms with E-state index in [2.05, 4.69) is 0 Å². The smallest absolute Gasteiger partial charge is 0.320 e. The van der Waals surface area contributed by atoms with Crippen LogP contribution in [0.5, 0.6) is 0 Å². The molecule has 0 N–H and O–H groups in total. The Morgan fingerprint density at radius 1 is 1.25 bits per heavy atom. The number of ketones is 1. The van der Waals surface area contributed by atoms with Crippen molar-refractivity contribution >= 4 is 11.8 Å². The Bertz CT molecular complexity index is 524. The van der Waals surface area contributed by atoms with Crippen LogP contribution >= 0.6 is 0 Å². The summed E-state index contributed by atoms with van der Waals surface area (Å²) in [6.45, 7) is 0.269. The molecule has 20 heavy (non-hydrogen) atoms. The number of urea groups is 1. The molecule has 0 saturated carbocycles. The van der Waals surface area contributed by atoms with Crippen molar-refractivity contribution in [1.29, 1.82) is 0 Å². The summed E-state index contributed by atoms with van der Waals surface area (Å²) < 4.78 is 39.0. The Labute approximate surface area is 113 Å². The summed E-state index contributed by atoms with van der Waals surface area (Å²) in [5, 5.41) is 0. The Kier molecular flexibility index (Phi) is 2.88. The highest BCUT2D eigenvalue weighted by atomic mass is 19.4. The number of alkyl halides is 3. The minimum Gasteiger partial charge on any atom is -0.320 e. The summed E-state index contributed by atoms with van der Waals surface area (Å²) in [5.41, 5.74) is 0.279. The number of hydrogen-bond acceptors (Lipinski definition) is 2. The molecule has 1 fully saturated rings. The lowest BCUT2D eigenvalue weighted by atomic mass is 9.82. The Morgan fingerprint density at radius 3 is 2.70 bits per heavy atom. The van der Waals surface area contributed by atoms with Gasteiger partial charge in [-0.1, -0.05) is 12.2 Å². The highest BCUT2D eigenvalue weighted by molar-refractivity contribution is 5.90. The first-order chi connectivity index (χ1) is 9.39. The third-order valence-corrected chi connectivity index (χ3v) is 4.02. The number of hydrogen-bond donors (Lipinski definition) is 0. The van der Waals surface area contributed by atoms with Gasteiger partial charge in [0.05, 0.1) is 5.92 Å². The maximum absolute atomic E-state index is 13.0. The summed E-state index contributed by atoms with van der Waals surface area (Å²) in [4.78, 5) is 25.1. The molecule has 0 aromatic heterocycles. The molecule has 1 aliphatic carbocycles. The average molecular weight is 286 g/mol. The van der Waals surface area contributed by atoms with Gasteiger partial charge in [-0.2, -0.15) is 0 Å². The van der Waals surface area contributed by atoms with Gasteiger partial charge in [0.15, 0.2) is 0 Å². The fourth-order valence-corrected chi connectivity index (χ4v) is 3.19. The highest BCUT2D eigenvalue weighted by Gasteiger charge is 2.50. The third-order valence-electron chi connectivity index (χ3n) is 4.02. The van der Waals surface area contributed by atoms with Crippen molar-refractivity contribution in [2.45, 2.75) is 31.6 Å². The van der Waals surface area contributed by atoms with E-state index in [1.54, 1.807) is 6.08 Å². The van der Waals surface area contributed by atoms with Gasteiger partial charge in [-0.15, -0.1) is 13.2 Å². The van der Waals surface area contributed by atoms with Crippen molar-refractivity contribution < 1.29 is 22.8 Å². The van der Waals surface area contributed by atoms with Gasteiger partial charge in [-0.05, 0) is 18.4 Å². The van der Waals surface area contributed by atoms with Crippen LogP contribution in [0, 0.1) is 5.92 Å². The van der Waals surface area contributed by atoms with Gasteiger partial charge < -0.3 is 4.90 Å². The monoisotopic (exact) mass is 286 g/mol. The van der Waals surface area contributed by atoms with E-state index in [9.17, 15) is 22.8 Å². The summed E-state index contributed by atoms with van der Waals surface area (Å²) in [6.07, 6.45) is 0.488. The van der Waals surface area contributed by atoms with E-state index in [0.717, 1.165) is 6.20 Å². The second kappa shape index (κ2) is 4.36. The number of carbonyl (C=O) groups excluding carboxylic acids is 2. The first-order valence-electron chi connectivity index (χ1n) is 6.47. The molecule has 0 aromatic rings. The Balaban J connectivity index is 2.10. The van der Waals surface area contributed by atoms with E-state index in [1.165, 1.54) is 11.0 Å². The van der Waals surface area contributed by atoms with Gasteiger partial charge in [0.2, 0.25) is 0 Å². The molecule has 2 unspecified atom stereocenters. The molecule has 3 aliphatic rings. The van der Waals surface area contributed by atoms with Crippen molar-refractivity contribution in [2.24, 2.45) is 5.92 Å². The Hall–Kier alpha value is -1.79. The van der Waals surface area contributed by atoms with Crippen LogP contribution in [-0.4, -0.2) is 40.5 Å². The molecule has 0 radical (unpaired) electrons. The molecule has 7 heteroatoms. The van der Waals surface area contributed by atoms with E-state index in [4.69, 9.17) is 0 Å².